The predicted octanol–water partition coefficient (Wildman–Crippen LogP) is 1.56. The Hall–Kier alpha value is -1.42. The molecule has 2 heterocycles. The van der Waals surface area contributed by atoms with Crippen LogP contribution < -0.4 is 5.32 Å². The molecular weight excluding hydrogens is 200 g/mol. The molecule has 0 aliphatic rings. The lowest BCUT2D eigenvalue weighted by atomic mass is 10.2. The van der Waals surface area contributed by atoms with Gasteiger partial charge in [0, 0.05) is 31.6 Å². The van der Waals surface area contributed by atoms with Crippen molar-refractivity contribution in [2.75, 3.05) is 7.05 Å². The highest BCUT2D eigenvalue weighted by atomic mass is 15.0. The summed E-state index contributed by atoms with van der Waals surface area (Å²) in [4.78, 5) is 9.10. The van der Waals surface area contributed by atoms with Crippen LogP contribution >= 0.6 is 0 Å². The molecule has 16 heavy (non-hydrogen) atoms. The second-order valence-corrected chi connectivity index (χ2v) is 4.07. The van der Waals surface area contributed by atoms with E-state index in [9.17, 15) is 0 Å². The van der Waals surface area contributed by atoms with Crippen molar-refractivity contribution in [2.24, 2.45) is 7.05 Å². The second kappa shape index (κ2) is 4.22. The molecule has 4 nitrogen and oxygen atoms in total. The molecule has 0 atom stereocenters. The van der Waals surface area contributed by atoms with Crippen molar-refractivity contribution in [1.82, 2.24) is 19.9 Å². The van der Waals surface area contributed by atoms with Crippen LogP contribution in [-0.4, -0.2) is 21.6 Å². The van der Waals surface area contributed by atoms with E-state index in [0.29, 0.717) is 0 Å². The van der Waals surface area contributed by atoms with Crippen LogP contribution in [0.2, 0.25) is 0 Å². The molecule has 0 aliphatic carbocycles. The Morgan fingerprint density at radius 2 is 2.12 bits per heavy atom. The highest BCUT2D eigenvalue weighted by Crippen LogP contribution is 2.21. The van der Waals surface area contributed by atoms with Crippen molar-refractivity contribution in [3.05, 3.63) is 23.3 Å². The summed E-state index contributed by atoms with van der Waals surface area (Å²) < 4.78 is 2.08. The van der Waals surface area contributed by atoms with E-state index in [4.69, 9.17) is 0 Å². The highest BCUT2D eigenvalue weighted by molar-refractivity contribution is 5.82. The Morgan fingerprint density at radius 3 is 2.75 bits per heavy atom. The summed E-state index contributed by atoms with van der Waals surface area (Å²) >= 11 is 0. The summed E-state index contributed by atoms with van der Waals surface area (Å²) in [5.74, 6) is 0.919. The number of fused-ring (bicyclic) bond motifs is 1. The van der Waals surface area contributed by atoms with E-state index < -0.39 is 0 Å². The summed E-state index contributed by atoms with van der Waals surface area (Å²) in [6.07, 6.45) is 3.01. The third kappa shape index (κ3) is 1.69. The van der Waals surface area contributed by atoms with Crippen LogP contribution in [0.3, 0.4) is 0 Å². The highest BCUT2D eigenvalue weighted by Gasteiger charge is 2.11. The Balaban J connectivity index is 2.70. The van der Waals surface area contributed by atoms with Crippen LogP contribution in [0.5, 0.6) is 0 Å². The molecule has 0 fully saturated rings. The van der Waals surface area contributed by atoms with E-state index in [1.54, 1.807) is 0 Å². The predicted molar refractivity (Wildman–Crippen MR) is 65.4 cm³/mol. The standard InChI is InChI=1S/C12H18N4/c1-5-10-14-8(2)11-9(6-13-3)7-16(4)12(11)15-10/h7,13H,5-6H2,1-4H3. The fourth-order valence-electron chi connectivity index (χ4n) is 2.09. The summed E-state index contributed by atoms with van der Waals surface area (Å²) in [7, 11) is 3.99. The van der Waals surface area contributed by atoms with Gasteiger partial charge in [-0.3, -0.25) is 0 Å². The van der Waals surface area contributed by atoms with Gasteiger partial charge in [-0.1, -0.05) is 6.92 Å². The molecule has 0 aliphatic heterocycles. The summed E-state index contributed by atoms with van der Waals surface area (Å²) in [5, 5.41) is 4.37. The van der Waals surface area contributed by atoms with Crippen LogP contribution in [0.15, 0.2) is 6.20 Å². The van der Waals surface area contributed by atoms with Gasteiger partial charge in [0.1, 0.15) is 11.5 Å². The van der Waals surface area contributed by atoms with Gasteiger partial charge in [0.2, 0.25) is 0 Å². The van der Waals surface area contributed by atoms with Gasteiger partial charge in [-0.05, 0) is 19.5 Å². The first kappa shape index (κ1) is 11.1. The first-order valence-corrected chi connectivity index (χ1v) is 5.63. The van der Waals surface area contributed by atoms with Crippen LogP contribution in [0, 0.1) is 6.92 Å². The summed E-state index contributed by atoms with van der Waals surface area (Å²) in [6.45, 7) is 4.99. The molecule has 2 aromatic heterocycles. The van der Waals surface area contributed by atoms with Gasteiger partial charge < -0.3 is 9.88 Å². The largest absolute Gasteiger partial charge is 0.335 e. The van der Waals surface area contributed by atoms with Gasteiger partial charge in [-0.2, -0.15) is 0 Å². The molecule has 2 rings (SSSR count). The van der Waals surface area contributed by atoms with Gasteiger partial charge in [-0.15, -0.1) is 0 Å². The number of aromatic nitrogens is 3. The number of hydrogen-bond acceptors (Lipinski definition) is 3. The Labute approximate surface area is 95.7 Å². The normalized spacial score (nSPS) is 11.2. The Bertz CT molecular complexity index is 513. The minimum atomic E-state index is 0.854. The maximum Gasteiger partial charge on any atom is 0.143 e. The van der Waals surface area contributed by atoms with E-state index in [0.717, 1.165) is 30.1 Å². The monoisotopic (exact) mass is 218 g/mol. The quantitative estimate of drug-likeness (QED) is 0.850. The Kier molecular flexibility index (Phi) is 2.92. The fraction of sp³-hybridized carbons (Fsp3) is 0.500. The van der Waals surface area contributed by atoms with E-state index in [1.165, 1.54) is 10.9 Å². The molecule has 1 N–H and O–H groups in total. The number of hydrogen-bond donors (Lipinski definition) is 1. The smallest absolute Gasteiger partial charge is 0.143 e. The summed E-state index contributed by atoms with van der Waals surface area (Å²) in [6, 6.07) is 0. The first-order valence-electron chi connectivity index (χ1n) is 5.63. The third-order valence-electron chi connectivity index (χ3n) is 2.81. The van der Waals surface area contributed by atoms with Gasteiger partial charge in [0.05, 0.1) is 5.69 Å². The van der Waals surface area contributed by atoms with Gasteiger partial charge in [0.15, 0.2) is 0 Å². The average Bonchev–Trinajstić information content (AvgIpc) is 2.57. The van der Waals surface area contributed by atoms with Crippen molar-refractivity contribution in [1.29, 1.82) is 0 Å². The summed E-state index contributed by atoms with van der Waals surface area (Å²) in [5.41, 5.74) is 3.38. The number of nitrogens with zero attached hydrogens (tertiary/aromatic N) is 3. The van der Waals surface area contributed by atoms with Crippen molar-refractivity contribution in [3.63, 3.8) is 0 Å². The lowest BCUT2D eigenvalue weighted by Gasteiger charge is -2.03. The van der Waals surface area contributed by atoms with Crippen LogP contribution in [0.1, 0.15) is 24.0 Å². The molecule has 0 bridgehead atoms. The minimum absolute atomic E-state index is 0.854. The number of rotatable bonds is 3. The molecule has 0 saturated heterocycles. The number of nitrogens with one attached hydrogen (secondary N) is 1. The zero-order valence-electron chi connectivity index (χ0n) is 10.3. The topological polar surface area (TPSA) is 42.7 Å². The second-order valence-electron chi connectivity index (χ2n) is 4.07. The van der Waals surface area contributed by atoms with E-state index in [-0.39, 0.29) is 0 Å². The molecule has 0 saturated carbocycles. The van der Waals surface area contributed by atoms with Crippen LogP contribution in [-0.2, 0) is 20.0 Å². The van der Waals surface area contributed by atoms with Crippen molar-refractivity contribution >= 4 is 11.0 Å². The molecule has 4 heteroatoms. The first-order chi connectivity index (χ1) is 7.67. The Morgan fingerprint density at radius 1 is 1.38 bits per heavy atom. The molecule has 2 aromatic rings. The van der Waals surface area contributed by atoms with E-state index in [2.05, 4.69) is 39.9 Å². The van der Waals surface area contributed by atoms with Gasteiger partial charge in [-0.25, -0.2) is 9.97 Å². The maximum atomic E-state index is 4.58. The maximum absolute atomic E-state index is 4.58. The molecule has 0 aromatic carbocycles. The molecule has 0 radical (unpaired) electrons. The SMILES string of the molecule is CCc1nc(C)c2c(CNC)cn(C)c2n1. The molecule has 86 valence electrons. The van der Waals surface area contributed by atoms with E-state index in [1.807, 2.05) is 14.1 Å². The fourth-order valence-corrected chi connectivity index (χ4v) is 2.09. The molecule has 0 amide bonds. The van der Waals surface area contributed by atoms with Gasteiger partial charge in [0.25, 0.3) is 0 Å². The third-order valence-corrected chi connectivity index (χ3v) is 2.81. The average molecular weight is 218 g/mol. The zero-order chi connectivity index (χ0) is 11.7. The molecule has 0 spiro atoms. The van der Waals surface area contributed by atoms with E-state index >= 15 is 0 Å². The van der Waals surface area contributed by atoms with Crippen LogP contribution in [0.25, 0.3) is 11.0 Å². The van der Waals surface area contributed by atoms with Crippen molar-refractivity contribution in [3.8, 4) is 0 Å². The minimum Gasteiger partial charge on any atom is -0.335 e. The zero-order valence-corrected chi connectivity index (χ0v) is 10.3. The molecular formula is C12H18N4. The lowest BCUT2D eigenvalue weighted by molar-refractivity contribution is 0.815. The van der Waals surface area contributed by atoms with Gasteiger partial charge >= 0.3 is 0 Å². The number of aryl methyl sites for hydroxylation is 3. The lowest BCUT2D eigenvalue weighted by Crippen LogP contribution is -2.05. The molecule has 0 unspecified atom stereocenters. The van der Waals surface area contributed by atoms with Crippen molar-refractivity contribution in [2.45, 2.75) is 26.8 Å². The van der Waals surface area contributed by atoms with Crippen molar-refractivity contribution < 1.29 is 0 Å². The van der Waals surface area contributed by atoms with Crippen LogP contribution in [0.4, 0.5) is 0 Å².